The van der Waals surface area contributed by atoms with Gasteiger partial charge in [-0.25, -0.2) is 0 Å². The van der Waals surface area contributed by atoms with Crippen molar-refractivity contribution in [3.63, 3.8) is 0 Å². The molecule has 0 radical (unpaired) electrons. The molecule has 0 bridgehead atoms. The Morgan fingerprint density at radius 1 is 0.760 bits per heavy atom. The first-order valence-electron chi connectivity index (χ1n) is 8.54. The summed E-state index contributed by atoms with van der Waals surface area (Å²) in [6.45, 7) is 8.25. The molecule has 0 saturated carbocycles. The van der Waals surface area contributed by atoms with Gasteiger partial charge in [-0.15, -0.1) is 0 Å². The van der Waals surface area contributed by atoms with Crippen molar-refractivity contribution in [2.75, 3.05) is 0 Å². The fourth-order valence-corrected chi connectivity index (χ4v) is 3.46. The predicted octanol–water partition coefficient (Wildman–Crippen LogP) is 4.63. The van der Waals surface area contributed by atoms with Crippen LogP contribution in [0.15, 0.2) is 51.5 Å². The van der Waals surface area contributed by atoms with Gasteiger partial charge < -0.3 is 18.1 Å². The molecule has 2 aromatic heterocycles. The number of rotatable bonds is 1. The second kappa shape index (κ2) is 4.68. The fraction of sp³-hybridized carbons (Fsp3) is 0.300. The van der Waals surface area contributed by atoms with Crippen molar-refractivity contribution in [3.05, 3.63) is 42.7 Å². The van der Waals surface area contributed by atoms with E-state index >= 15 is 0 Å². The average Bonchev–Trinajstić information content (AvgIpc) is 3.20. The van der Waals surface area contributed by atoms with Crippen LogP contribution in [0.2, 0.25) is 0 Å². The minimum Gasteiger partial charge on any atom is -0.464 e. The lowest BCUT2D eigenvalue weighted by Crippen LogP contribution is -2.41. The minimum absolute atomic E-state index is 0.358. The van der Waals surface area contributed by atoms with E-state index in [0.29, 0.717) is 0 Å². The van der Waals surface area contributed by atoms with E-state index in [2.05, 4.69) is 33.8 Å². The molecule has 1 fully saturated rings. The van der Waals surface area contributed by atoms with Gasteiger partial charge in [-0.3, -0.25) is 0 Å². The van der Waals surface area contributed by atoms with Crippen LogP contribution in [0.4, 0.5) is 0 Å². The number of hydrogen-bond acceptors (Lipinski definition) is 4. The standard InChI is InChI=1S/C20H19BO4/c1-19(2)20(3,4)25-21(24-19)12-5-6-16-14(11-12)18-13-9-10-22-15(13)7-8-17(18)23-16/h5-11H,1-4H3. The first kappa shape index (κ1) is 15.1. The van der Waals surface area contributed by atoms with Gasteiger partial charge >= 0.3 is 7.12 Å². The molecule has 4 aromatic rings. The molecule has 0 spiro atoms. The minimum atomic E-state index is -0.386. The highest BCUT2D eigenvalue weighted by Gasteiger charge is 2.51. The van der Waals surface area contributed by atoms with E-state index in [1.165, 1.54) is 0 Å². The maximum Gasteiger partial charge on any atom is 0.494 e. The van der Waals surface area contributed by atoms with Crippen molar-refractivity contribution in [2.24, 2.45) is 0 Å². The zero-order valence-corrected chi connectivity index (χ0v) is 14.8. The lowest BCUT2D eigenvalue weighted by molar-refractivity contribution is 0.00578. The Morgan fingerprint density at radius 2 is 1.44 bits per heavy atom. The first-order valence-corrected chi connectivity index (χ1v) is 8.54. The van der Waals surface area contributed by atoms with Gasteiger partial charge in [-0.2, -0.15) is 0 Å². The van der Waals surface area contributed by atoms with Gasteiger partial charge in [0.25, 0.3) is 0 Å². The Balaban J connectivity index is 1.71. The molecule has 0 unspecified atom stereocenters. The van der Waals surface area contributed by atoms with E-state index < -0.39 is 0 Å². The van der Waals surface area contributed by atoms with Gasteiger partial charge in [0.15, 0.2) is 0 Å². The Hall–Kier alpha value is -2.24. The highest BCUT2D eigenvalue weighted by Crippen LogP contribution is 2.38. The molecular weight excluding hydrogens is 315 g/mol. The summed E-state index contributed by atoms with van der Waals surface area (Å²) in [5.74, 6) is 0. The van der Waals surface area contributed by atoms with Crippen molar-refractivity contribution < 1.29 is 18.1 Å². The molecule has 0 N–H and O–H groups in total. The largest absolute Gasteiger partial charge is 0.494 e. The monoisotopic (exact) mass is 334 g/mol. The third-order valence-corrected chi connectivity index (χ3v) is 5.62. The van der Waals surface area contributed by atoms with Crippen molar-refractivity contribution in [3.8, 4) is 0 Å². The molecule has 0 amide bonds. The van der Waals surface area contributed by atoms with Gasteiger partial charge in [0.2, 0.25) is 0 Å². The van der Waals surface area contributed by atoms with Gasteiger partial charge in [-0.1, -0.05) is 12.1 Å². The molecule has 5 rings (SSSR count). The summed E-state index contributed by atoms with van der Waals surface area (Å²) in [6, 6.07) is 12.0. The quantitative estimate of drug-likeness (QED) is 0.476. The topological polar surface area (TPSA) is 44.7 Å². The number of fused-ring (bicyclic) bond motifs is 5. The van der Waals surface area contributed by atoms with Gasteiger partial charge in [-0.05, 0) is 57.4 Å². The Morgan fingerprint density at radius 3 is 2.20 bits per heavy atom. The molecule has 1 aliphatic heterocycles. The van der Waals surface area contributed by atoms with Crippen LogP contribution in [-0.2, 0) is 9.31 Å². The first-order chi connectivity index (χ1) is 11.9. The highest BCUT2D eigenvalue weighted by atomic mass is 16.7. The van der Waals surface area contributed by atoms with E-state index in [9.17, 15) is 0 Å². The maximum absolute atomic E-state index is 6.19. The molecule has 4 nitrogen and oxygen atoms in total. The normalized spacial score (nSPS) is 19.4. The Labute approximate surface area is 145 Å². The van der Waals surface area contributed by atoms with Crippen LogP contribution < -0.4 is 5.46 Å². The summed E-state index contributed by atoms with van der Waals surface area (Å²) in [6.07, 6.45) is 1.71. The molecule has 3 heterocycles. The van der Waals surface area contributed by atoms with Crippen LogP contribution in [0.1, 0.15) is 27.7 Å². The highest BCUT2D eigenvalue weighted by molar-refractivity contribution is 6.62. The van der Waals surface area contributed by atoms with Crippen LogP contribution >= 0.6 is 0 Å². The van der Waals surface area contributed by atoms with Crippen LogP contribution in [-0.4, -0.2) is 18.3 Å². The lowest BCUT2D eigenvalue weighted by atomic mass is 9.78. The van der Waals surface area contributed by atoms with Gasteiger partial charge in [0.05, 0.1) is 17.5 Å². The smallest absolute Gasteiger partial charge is 0.464 e. The summed E-state index contributed by atoms with van der Waals surface area (Å²) in [7, 11) is -0.386. The fourth-order valence-electron chi connectivity index (χ4n) is 3.46. The van der Waals surface area contributed by atoms with Crippen LogP contribution in [0.5, 0.6) is 0 Å². The molecule has 0 atom stereocenters. The third-order valence-electron chi connectivity index (χ3n) is 5.62. The number of hydrogen-bond donors (Lipinski definition) is 0. The van der Waals surface area contributed by atoms with E-state index in [4.69, 9.17) is 18.1 Å². The zero-order chi connectivity index (χ0) is 17.4. The van der Waals surface area contributed by atoms with E-state index in [1.54, 1.807) is 6.26 Å². The lowest BCUT2D eigenvalue weighted by Gasteiger charge is -2.32. The van der Waals surface area contributed by atoms with Crippen molar-refractivity contribution in [1.82, 2.24) is 0 Å². The molecule has 25 heavy (non-hydrogen) atoms. The van der Waals surface area contributed by atoms with Crippen molar-refractivity contribution >= 4 is 45.5 Å². The summed E-state index contributed by atoms with van der Waals surface area (Å²) in [5.41, 5.74) is 2.84. The van der Waals surface area contributed by atoms with Crippen LogP contribution in [0.3, 0.4) is 0 Å². The zero-order valence-electron chi connectivity index (χ0n) is 14.8. The molecule has 1 saturated heterocycles. The van der Waals surface area contributed by atoms with Crippen LogP contribution in [0, 0.1) is 0 Å². The number of benzene rings is 2. The summed E-state index contributed by atoms with van der Waals surface area (Å²) in [5, 5.41) is 3.18. The second-order valence-electron chi connectivity index (χ2n) is 7.72. The Kier molecular flexibility index (Phi) is 2.82. The molecule has 1 aliphatic rings. The summed E-state index contributed by atoms with van der Waals surface area (Å²) < 4.78 is 23.9. The Bertz CT molecular complexity index is 1100. The molecule has 5 heteroatoms. The van der Waals surface area contributed by atoms with E-state index in [0.717, 1.165) is 38.4 Å². The van der Waals surface area contributed by atoms with Crippen molar-refractivity contribution in [1.29, 1.82) is 0 Å². The van der Waals surface area contributed by atoms with E-state index in [-0.39, 0.29) is 18.3 Å². The molecule has 126 valence electrons. The summed E-state index contributed by atoms with van der Waals surface area (Å²) in [4.78, 5) is 0. The SMILES string of the molecule is CC1(C)OB(c2ccc3oc4ccc5occc5c4c3c2)OC1(C)C. The van der Waals surface area contributed by atoms with Crippen LogP contribution in [0.25, 0.3) is 32.9 Å². The second-order valence-corrected chi connectivity index (χ2v) is 7.72. The van der Waals surface area contributed by atoms with Gasteiger partial charge in [0.1, 0.15) is 16.7 Å². The summed E-state index contributed by atoms with van der Waals surface area (Å²) >= 11 is 0. The van der Waals surface area contributed by atoms with E-state index in [1.807, 2.05) is 30.3 Å². The van der Waals surface area contributed by atoms with Gasteiger partial charge in [0, 0.05) is 16.2 Å². The predicted molar refractivity (Wildman–Crippen MR) is 99.2 cm³/mol. The molecular formula is C20H19BO4. The molecule has 2 aromatic carbocycles. The van der Waals surface area contributed by atoms with Crippen molar-refractivity contribution in [2.45, 2.75) is 38.9 Å². The number of furan rings is 2. The molecule has 0 aliphatic carbocycles. The third kappa shape index (κ3) is 2.03. The maximum atomic E-state index is 6.19. The average molecular weight is 334 g/mol.